The molecule has 0 fully saturated rings. The van der Waals surface area contributed by atoms with Gasteiger partial charge in [-0.05, 0) is 55.3 Å². The zero-order valence-electron chi connectivity index (χ0n) is 21.6. The number of phenolic OH excluding ortho intramolecular Hbond substituents is 1. The van der Waals surface area contributed by atoms with E-state index in [9.17, 15) is 23.1 Å². The molecular formula is C27H24N6O6S. The van der Waals surface area contributed by atoms with E-state index >= 15 is 0 Å². The average Bonchev–Trinajstić information content (AvgIpc) is 3.31. The zero-order valence-corrected chi connectivity index (χ0v) is 22.4. The molecule has 0 radical (unpaired) electrons. The van der Waals surface area contributed by atoms with Crippen molar-refractivity contribution in [2.45, 2.75) is 11.8 Å². The minimum Gasteiger partial charge on any atom is -0.505 e. The molecular weight excluding hydrogens is 536 g/mol. The van der Waals surface area contributed by atoms with Gasteiger partial charge in [0.1, 0.15) is 16.3 Å². The molecule has 12 nitrogen and oxygen atoms in total. The standard InChI is InChI=1S/C27H24N6O6S/c1-14-10-23(40(37,38)28-2)22(39-3)13-20(14)32-33-24-17-7-5-4-6-15(17)11-18(25(24)34)26(35)29-16-8-9-19-21(12-16)31-27(36)30-19/h4-13,28,34H,1-3H3,(H,29,35)(H2,30,31,36). The Hall–Kier alpha value is -5.01. The number of H-pyrrole nitrogens is 2. The van der Waals surface area contributed by atoms with Gasteiger partial charge in [-0.25, -0.2) is 17.9 Å². The predicted molar refractivity (Wildman–Crippen MR) is 151 cm³/mol. The van der Waals surface area contributed by atoms with E-state index in [1.807, 2.05) is 0 Å². The highest BCUT2D eigenvalue weighted by Crippen LogP contribution is 2.40. The Balaban J connectivity index is 1.56. The number of aromatic amines is 2. The van der Waals surface area contributed by atoms with Gasteiger partial charge in [0.25, 0.3) is 5.91 Å². The number of imidazole rings is 1. The molecule has 5 aromatic rings. The van der Waals surface area contributed by atoms with Crippen LogP contribution in [0.5, 0.6) is 11.5 Å². The molecule has 1 aromatic heterocycles. The molecule has 0 unspecified atom stereocenters. The molecule has 0 atom stereocenters. The lowest BCUT2D eigenvalue weighted by molar-refractivity contribution is 0.102. The van der Waals surface area contributed by atoms with Crippen molar-refractivity contribution in [3.8, 4) is 11.5 Å². The first-order valence-corrected chi connectivity index (χ1v) is 13.4. The summed E-state index contributed by atoms with van der Waals surface area (Å²) in [7, 11) is -1.15. The molecule has 5 N–H and O–H groups in total. The second-order valence-electron chi connectivity index (χ2n) is 8.83. The van der Waals surface area contributed by atoms with Crippen LogP contribution in [0.1, 0.15) is 15.9 Å². The molecule has 0 bridgehead atoms. The second-order valence-corrected chi connectivity index (χ2v) is 10.7. The highest BCUT2D eigenvalue weighted by atomic mass is 32.2. The molecule has 13 heteroatoms. The first kappa shape index (κ1) is 26.6. The number of aromatic hydroxyl groups is 1. The fourth-order valence-electron chi connectivity index (χ4n) is 4.24. The van der Waals surface area contributed by atoms with E-state index in [4.69, 9.17) is 4.74 Å². The first-order valence-electron chi connectivity index (χ1n) is 11.9. The Morgan fingerprint density at radius 1 is 1.00 bits per heavy atom. The van der Waals surface area contributed by atoms with E-state index in [1.165, 1.54) is 26.3 Å². The number of phenols is 1. The molecule has 0 aliphatic heterocycles. The fraction of sp³-hybridized carbons (Fsp3) is 0.111. The lowest BCUT2D eigenvalue weighted by Crippen LogP contribution is -2.19. The Morgan fingerprint density at radius 2 is 1.75 bits per heavy atom. The van der Waals surface area contributed by atoms with Gasteiger partial charge >= 0.3 is 5.69 Å². The number of azo groups is 1. The van der Waals surface area contributed by atoms with Gasteiger partial charge in [0.15, 0.2) is 5.75 Å². The molecule has 0 saturated heterocycles. The molecule has 40 heavy (non-hydrogen) atoms. The van der Waals surface area contributed by atoms with E-state index in [0.29, 0.717) is 38.7 Å². The summed E-state index contributed by atoms with van der Waals surface area (Å²) < 4.78 is 32.3. The van der Waals surface area contributed by atoms with Gasteiger partial charge in [-0.1, -0.05) is 24.3 Å². The van der Waals surface area contributed by atoms with Gasteiger partial charge in [-0.15, -0.1) is 10.2 Å². The van der Waals surface area contributed by atoms with Gasteiger partial charge in [-0.2, -0.15) is 0 Å². The van der Waals surface area contributed by atoms with Crippen molar-refractivity contribution in [1.29, 1.82) is 0 Å². The van der Waals surface area contributed by atoms with Crippen LogP contribution in [0.3, 0.4) is 0 Å². The molecule has 0 aliphatic carbocycles. The highest BCUT2D eigenvalue weighted by Gasteiger charge is 2.21. The summed E-state index contributed by atoms with van der Waals surface area (Å²) in [5.41, 5.74) is 1.95. The topological polar surface area (TPSA) is 178 Å². The van der Waals surface area contributed by atoms with Crippen molar-refractivity contribution < 1.29 is 23.1 Å². The van der Waals surface area contributed by atoms with Crippen LogP contribution in [0.15, 0.2) is 80.6 Å². The number of methoxy groups -OCH3 is 1. The number of benzene rings is 4. The minimum atomic E-state index is -3.79. The normalized spacial score (nSPS) is 11.9. The number of carbonyl (C=O) groups excluding carboxylic acids is 1. The second kappa shape index (κ2) is 10.3. The van der Waals surface area contributed by atoms with Crippen molar-refractivity contribution in [3.05, 3.63) is 82.3 Å². The third-order valence-electron chi connectivity index (χ3n) is 6.31. The molecule has 0 saturated carbocycles. The number of carbonyl (C=O) groups is 1. The largest absolute Gasteiger partial charge is 0.505 e. The maximum Gasteiger partial charge on any atom is 0.323 e. The number of sulfonamides is 1. The molecule has 4 aromatic carbocycles. The molecule has 5 rings (SSSR count). The lowest BCUT2D eigenvalue weighted by atomic mass is 10.0. The predicted octanol–water partition coefficient (Wildman–Crippen LogP) is 4.61. The van der Waals surface area contributed by atoms with Crippen LogP contribution >= 0.6 is 0 Å². The number of hydrogen-bond donors (Lipinski definition) is 5. The number of rotatable bonds is 7. The fourth-order valence-corrected chi connectivity index (χ4v) is 5.20. The minimum absolute atomic E-state index is 0.0416. The van der Waals surface area contributed by atoms with Crippen LogP contribution in [0, 0.1) is 6.92 Å². The lowest BCUT2D eigenvalue weighted by Gasteiger charge is -2.12. The highest BCUT2D eigenvalue weighted by molar-refractivity contribution is 7.89. The number of aryl methyl sites for hydroxylation is 1. The summed E-state index contributed by atoms with van der Waals surface area (Å²) in [5.74, 6) is -0.927. The van der Waals surface area contributed by atoms with Crippen molar-refractivity contribution in [1.82, 2.24) is 14.7 Å². The van der Waals surface area contributed by atoms with E-state index in [0.717, 1.165) is 0 Å². The number of amides is 1. The third kappa shape index (κ3) is 4.90. The van der Waals surface area contributed by atoms with E-state index < -0.39 is 21.7 Å². The SMILES string of the molecule is CNS(=O)(=O)c1cc(C)c(N=Nc2c(O)c(C(=O)Nc3ccc4[nH]c(=O)[nH]c4c3)cc3ccccc23)cc1OC. The van der Waals surface area contributed by atoms with Gasteiger partial charge < -0.3 is 25.1 Å². The maximum atomic E-state index is 13.2. The summed E-state index contributed by atoms with van der Waals surface area (Å²) in [6, 6.07) is 16.3. The number of anilines is 1. The molecule has 204 valence electrons. The number of ether oxygens (including phenoxy) is 1. The molecule has 1 amide bonds. The zero-order chi connectivity index (χ0) is 28.6. The number of nitrogens with one attached hydrogen (secondary N) is 4. The monoisotopic (exact) mass is 560 g/mol. The quantitative estimate of drug-likeness (QED) is 0.181. The molecule has 0 spiro atoms. The van der Waals surface area contributed by atoms with Gasteiger partial charge in [0.2, 0.25) is 10.0 Å². The van der Waals surface area contributed by atoms with Crippen LogP contribution in [0.4, 0.5) is 17.1 Å². The van der Waals surface area contributed by atoms with E-state index in [2.05, 4.69) is 30.2 Å². The van der Waals surface area contributed by atoms with Crippen molar-refractivity contribution >= 4 is 54.8 Å². The van der Waals surface area contributed by atoms with Crippen LogP contribution in [0.2, 0.25) is 0 Å². The number of hydrogen-bond acceptors (Lipinski definition) is 8. The number of fused-ring (bicyclic) bond motifs is 2. The van der Waals surface area contributed by atoms with Crippen LogP contribution in [0.25, 0.3) is 21.8 Å². The third-order valence-corrected chi connectivity index (χ3v) is 7.75. The van der Waals surface area contributed by atoms with Crippen molar-refractivity contribution in [2.24, 2.45) is 10.2 Å². The summed E-state index contributed by atoms with van der Waals surface area (Å²) in [6.07, 6.45) is 0. The Morgan fingerprint density at radius 3 is 2.50 bits per heavy atom. The summed E-state index contributed by atoms with van der Waals surface area (Å²) in [6.45, 7) is 1.67. The van der Waals surface area contributed by atoms with E-state index in [-0.39, 0.29) is 27.6 Å². The summed E-state index contributed by atoms with van der Waals surface area (Å²) >= 11 is 0. The van der Waals surface area contributed by atoms with Crippen molar-refractivity contribution in [2.75, 3.05) is 19.5 Å². The maximum absolute atomic E-state index is 13.2. The van der Waals surface area contributed by atoms with Crippen molar-refractivity contribution in [3.63, 3.8) is 0 Å². The van der Waals surface area contributed by atoms with Crippen LogP contribution < -0.4 is 20.5 Å². The van der Waals surface area contributed by atoms with Gasteiger partial charge in [0, 0.05) is 17.1 Å². The van der Waals surface area contributed by atoms with Gasteiger partial charge in [-0.3, -0.25) is 4.79 Å². The van der Waals surface area contributed by atoms with E-state index in [1.54, 1.807) is 55.5 Å². The average molecular weight is 561 g/mol. The van der Waals surface area contributed by atoms with Gasteiger partial charge in [0.05, 0.1) is 29.4 Å². The number of aromatic nitrogens is 2. The van der Waals surface area contributed by atoms with Crippen LogP contribution in [-0.2, 0) is 10.0 Å². The molecule has 0 aliphatic rings. The first-order chi connectivity index (χ1) is 19.1. The molecule has 1 heterocycles. The smallest absolute Gasteiger partial charge is 0.323 e. The number of nitrogens with zero attached hydrogens (tertiary/aromatic N) is 2. The summed E-state index contributed by atoms with van der Waals surface area (Å²) in [4.78, 5) is 30.0. The van der Waals surface area contributed by atoms with Crippen LogP contribution in [-0.4, -0.2) is 43.6 Å². The summed E-state index contributed by atoms with van der Waals surface area (Å²) in [5, 5.41) is 23.6. The Labute approximate surface area is 227 Å². The Bertz CT molecular complexity index is 1990. The Kier molecular flexibility index (Phi) is 6.83.